The Morgan fingerprint density at radius 2 is 1.79 bits per heavy atom. The Balaban J connectivity index is 2.78. The summed E-state index contributed by atoms with van der Waals surface area (Å²) in [4.78, 5) is 12.5. The number of alkyl halides is 2. The van der Waals surface area contributed by atoms with E-state index in [1.807, 2.05) is 0 Å². The summed E-state index contributed by atoms with van der Waals surface area (Å²) >= 11 is 0. The second kappa shape index (κ2) is 10.5. The highest BCUT2D eigenvalue weighted by molar-refractivity contribution is 7.92. The van der Waals surface area contributed by atoms with E-state index in [4.69, 9.17) is 20.4 Å². The zero-order valence-electron chi connectivity index (χ0n) is 19.3. The molecule has 34 heavy (non-hydrogen) atoms. The van der Waals surface area contributed by atoms with Crippen molar-refractivity contribution in [1.82, 2.24) is 5.32 Å². The standard InChI is InChI=1S/C22H25B2F2N2O4PS/c1-5-14(2)27-20(29)13-28(34(30,31)17-9-7-16(32-4)8-10-17)19-12-15(21(3,23)25)6-11-18(19)22(24,26)33/h5-12H,13,33H2,1-4H3,(H,27,29)/b14-5+. The van der Waals surface area contributed by atoms with E-state index in [1.165, 1.54) is 37.4 Å². The molecule has 1 N–H and O–H groups in total. The maximum atomic E-state index is 14.9. The van der Waals surface area contributed by atoms with E-state index in [0.29, 0.717) is 15.8 Å². The Hall–Kier alpha value is -2.38. The van der Waals surface area contributed by atoms with Crippen LogP contribution >= 0.6 is 9.24 Å². The largest absolute Gasteiger partial charge is 0.497 e. The van der Waals surface area contributed by atoms with E-state index in [1.54, 1.807) is 29.2 Å². The van der Waals surface area contributed by atoms with Crippen LogP contribution in [-0.4, -0.2) is 43.7 Å². The average molecular weight is 504 g/mol. The molecule has 6 nitrogen and oxygen atoms in total. The van der Waals surface area contributed by atoms with Crippen LogP contribution in [-0.2, 0) is 25.7 Å². The molecule has 0 spiro atoms. The van der Waals surface area contributed by atoms with Crippen LogP contribution in [0, 0.1) is 0 Å². The minimum atomic E-state index is -4.46. The van der Waals surface area contributed by atoms with Crippen molar-refractivity contribution in [2.45, 2.75) is 36.5 Å². The van der Waals surface area contributed by atoms with Gasteiger partial charge in [0.05, 0.1) is 23.3 Å². The summed E-state index contributed by atoms with van der Waals surface area (Å²) in [5, 5.41) is -0.0569. The van der Waals surface area contributed by atoms with Gasteiger partial charge in [-0.25, -0.2) is 12.8 Å². The number of sulfonamides is 1. The molecule has 3 atom stereocenters. The highest BCUT2D eigenvalue weighted by Crippen LogP contribution is 2.40. The van der Waals surface area contributed by atoms with Gasteiger partial charge in [0.25, 0.3) is 10.0 Å². The van der Waals surface area contributed by atoms with Crippen LogP contribution in [0.3, 0.4) is 0 Å². The summed E-state index contributed by atoms with van der Waals surface area (Å²) in [6.45, 7) is 3.61. The van der Waals surface area contributed by atoms with Crippen LogP contribution in [0.5, 0.6) is 5.75 Å². The number of hydrogen-bond donors (Lipinski definition) is 1. The number of nitrogens with one attached hydrogen (secondary N) is 1. The van der Waals surface area contributed by atoms with E-state index in [2.05, 4.69) is 5.32 Å². The number of halogens is 2. The fourth-order valence-electron chi connectivity index (χ4n) is 3.00. The number of hydrogen-bond acceptors (Lipinski definition) is 4. The van der Waals surface area contributed by atoms with Crippen molar-refractivity contribution < 1.29 is 26.7 Å². The molecule has 1 amide bonds. The van der Waals surface area contributed by atoms with Gasteiger partial charge in [-0.3, -0.25) is 13.5 Å². The molecule has 0 saturated heterocycles. The molecule has 178 valence electrons. The number of allylic oxidation sites excluding steroid dienone is 2. The lowest BCUT2D eigenvalue weighted by molar-refractivity contribution is -0.118. The monoisotopic (exact) mass is 504 g/mol. The number of methoxy groups -OCH3 is 1. The molecule has 12 heteroatoms. The van der Waals surface area contributed by atoms with Crippen LogP contribution < -0.4 is 14.4 Å². The summed E-state index contributed by atoms with van der Waals surface area (Å²) in [7, 11) is 9.91. The molecule has 0 bridgehead atoms. The molecule has 3 unspecified atom stereocenters. The lowest BCUT2D eigenvalue weighted by Gasteiger charge is -2.31. The summed E-state index contributed by atoms with van der Waals surface area (Å²) in [6, 6.07) is 8.78. The number of carbonyl (C=O) groups is 1. The fraction of sp³-hybridized carbons (Fsp3) is 0.318. The van der Waals surface area contributed by atoms with E-state index in [-0.39, 0.29) is 21.7 Å². The maximum Gasteiger partial charge on any atom is 0.264 e. The van der Waals surface area contributed by atoms with Crippen LogP contribution in [0.2, 0.25) is 0 Å². The van der Waals surface area contributed by atoms with Crippen molar-refractivity contribution in [2.75, 3.05) is 18.0 Å². The molecule has 0 aliphatic heterocycles. The Morgan fingerprint density at radius 3 is 2.26 bits per heavy atom. The van der Waals surface area contributed by atoms with Crippen LogP contribution in [0.4, 0.5) is 14.5 Å². The molecular weight excluding hydrogens is 479 g/mol. The summed E-state index contributed by atoms with van der Waals surface area (Å²) < 4.78 is 62.5. The number of rotatable bonds is 9. The summed E-state index contributed by atoms with van der Waals surface area (Å²) in [5.41, 5.74) is -2.68. The Morgan fingerprint density at radius 1 is 1.21 bits per heavy atom. The average Bonchev–Trinajstić information content (AvgIpc) is 2.75. The number of ether oxygens (including phenoxy) is 1. The fourth-order valence-corrected chi connectivity index (χ4v) is 4.68. The Kier molecular flexibility index (Phi) is 8.59. The molecule has 0 aliphatic rings. The van der Waals surface area contributed by atoms with E-state index in [9.17, 15) is 22.0 Å². The number of anilines is 1. The lowest BCUT2D eigenvalue weighted by Crippen LogP contribution is -2.41. The van der Waals surface area contributed by atoms with E-state index >= 15 is 0 Å². The SMILES string of the molecule is [B]C(C)(F)c1ccc(C([B])(F)P)c(N(CC(=O)N/C(C)=C/C)S(=O)(=O)c2ccc(OC)cc2)c1. The highest BCUT2D eigenvalue weighted by atomic mass is 32.2. The first-order valence-electron chi connectivity index (χ1n) is 10.1. The quantitative estimate of drug-likeness (QED) is 0.420. The lowest BCUT2D eigenvalue weighted by atomic mass is 9.78. The molecule has 4 radical (unpaired) electrons. The van der Waals surface area contributed by atoms with Crippen LogP contribution in [0.15, 0.2) is 59.1 Å². The first kappa shape index (κ1) is 27.9. The van der Waals surface area contributed by atoms with Crippen molar-refractivity contribution in [3.05, 3.63) is 65.4 Å². The smallest absolute Gasteiger partial charge is 0.264 e. The van der Waals surface area contributed by atoms with Crippen molar-refractivity contribution in [3.8, 4) is 5.75 Å². The van der Waals surface area contributed by atoms with E-state index < -0.39 is 33.4 Å². The highest BCUT2D eigenvalue weighted by Gasteiger charge is 2.34. The van der Waals surface area contributed by atoms with Gasteiger partial charge in [-0.1, -0.05) is 18.2 Å². The molecule has 0 aliphatic carbocycles. The first-order valence-corrected chi connectivity index (χ1v) is 12.1. The molecule has 0 saturated carbocycles. The van der Waals surface area contributed by atoms with Gasteiger partial charge in [0, 0.05) is 11.3 Å². The first-order chi connectivity index (χ1) is 15.6. The van der Waals surface area contributed by atoms with Crippen molar-refractivity contribution in [3.63, 3.8) is 0 Å². The third-order valence-corrected chi connectivity index (χ3v) is 7.03. The minimum Gasteiger partial charge on any atom is -0.497 e. The minimum absolute atomic E-state index is 0.138. The van der Waals surface area contributed by atoms with Gasteiger partial charge >= 0.3 is 0 Å². The van der Waals surface area contributed by atoms with Crippen LogP contribution in [0.25, 0.3) is 0 Å². The van der Waals surface area contributed by atoms with Gasteiger partial charge in [0.15, 0.2) is 0 Å². The zero-order valence-corrected chi connectivity index (χ0v) is 21.3. The van der Waals surface area contributed by atoms with Gasteiger partial charge in [-0.05, 0) is 56.7 Å². The number of nitrogens with zero attached hydrogens (tertiary/aromatic N) is 1. The molecule has 0 fully saturated rings. The molecule has 2 aromatic carbocycles. The van der Waals surface area contributed by atoms with Crippen molar-refractivity contribution >= 4 is 46.6 Å². The molecule has 0 aromatic heterocycles. The topological polar surface area (TPSA) is 75.7 Å². The second-order valence-electron chi connectivity index (χ2n) is 7.78. The number of benzene rings is 2. The summed E-state index contributed by atoms with van der Waals surface area (Å²) in [5.74, 6) is -0.300. The molecule has 2 rings (SSSR count). The predicted octanol–water partition coefficient (Wildman–Crippen LogP) is 3.36. The van der Waals surface area contributed by atoms with Gasteiger partial charge < -0.3 is 10.1 Å². The normalized spacial score (nSPS) is 15.7. The zero-order chi connectivity index (χ0) is 25.9. The predicted molar refractivity (Wildman–Crippen MR) is 134 cm³/mol. The number of carbonyl (C=O) groups excluding carboxylic acids is 1. The van der Waals surface area contributed by atoms with Crippen LogP contribution in [0.1, 0.15) is 31.9 Å². The van der Waals surface area contributed by atoms with Gasteiger partial charge in [0.1, 0.15) is 33.3 Å². The number of amides is 1. The maximum absolute atomic E-state index is 14.9. The summed E-state index contributed by atoms with van der Waals surface area (Å²) in [6.07, 6.45) is 1.62. The third-order valence-electron chi connectivity index (χ3n) is 4.95. The molecule has 2 aromatic rings. The molecule has 0 heterocycles. The Labute approximate surface area is 204 Å². The van der Waals surface area contributed by atoms with Crippen molar-refractivity contribution in [1.29, 1.82) is 0 Å². The van der Waals surface area contributed by atoms with Gasteiger partial charge in [0.2, 0.25) is 5.91 Å². The second-order valence-corrected chi connectivity index (χ2v) is 10.5. The van der Waals surface area contributed by atoms with E-state index in [0.717, 1.165) is 19.1 Å². The molecular formula is C22H25B2F2N2O4PS. The third kappa shape index (κ3) is 6.60. The van der Waals surface area contributed by atoms with Gasteiger partial charge in [-0.15, -0.1) is 9.24 Å². The van der Waals surface area contributed by atoms with Crippen molar-refractivity contribution in [2.24, 2.45) is 0 Å². The Bertz CT molecular complexity index is 1180. The van der Waals surface area contributed by atoms with Gasteiger partial charge in [-0.2, -0.15) is 0 Å².